The maximum Gasteiger partial charge on any atom is 0.340 e. The number of aromatic nitrogens is 3. The monoisotopic (exact) mass is 407 g/mol. The molecule has 1 aromatic carbocycles. The summed E-state index contributed by atoms with van der Waals surface area (Å²) in [7, 11) is 3.89. The molecule has 8 nitrogen and oxygen atoms in total. The average molecular weight is 407 g/mol. The lowest BCUT2D eigenvalue weighted by molar-refractivity contribution is -0.112. The highest BCUT2D eigenvalue weighted by molar-refractivity contribution is 6.08. The number of aromatic amines is 1. The Morgan fingerprint density at radius 2 is 2.07 bits per heavy atom. The molecule has 3 aromatic rings. The van der Waals surface area contributed by atoms with Crippen LogP contribution in [0.15, 0.2) is 48.4 Å². The first-order chi connectivity index (χ1) is 14.4. The fourth-order valence-electron chi connectivity index (χ4n) is 2.94. The summed E-state index contributed by atoms with van der Waals surface area (Å²) in [6, 6.07) is 7.33. The SMILES string of the molecule is CCOC(=O)c1c[nH]c2ncnc(-c3cccc(NC(=O)C(C)=CCN(C)C)c3)c12. The van der Waals surface area contributed by atoms with E-state index in [9.17, 15) is 9.59 Å². The summed E-state index contributed by atoms with van der Waals surface area (Å²) < 4.78 is 5.15. The predicted molar refractivity (Wildman–Crippen MR) is 116 cm³/mol. The molecule has 0 bridgehead atoms. The molecule has 0 radical (unpaired) electrons. The molecule has 3 rings (SSSR count). The molecule has 0 atom stereocenters. The van der Waals surface area contributed by atoms with Crippen molar-refractivity contribution in [3.63, 3.8) is 0 Å². The Labute approximate surface area is 175 Å². The fourth-order valence-corrected chi connectivity index (χ4v) is 2.94. The second-order valence-electron chi connectivity index (χ2n) is 7.05. The summed E-state index contributed by atoms with van der Waals surface area (Å²) in [5, 5.41) is 3.49. The number of hydrogen-bond acceptors (Lipinski definition) is 6. The quantitative estimate of drug-likeness (QED) is 0.461. The highest BCUT2D eigenvalue weighted by Gasteiger charge is 2.19. The standard InChI is InChI=1S/C22H25N5O3/c1-5-30-22(29)17-12-23-20-18(17)19(24-13-25-20)15-7-6-8-16(11-15)26-21(28)14(2)9-10-27(3)4/h6-9,11-13H,5,10H2,1-4H3,(H,26,28)(H,23,24,25). The highest BCUT2D eigenvalue weighted by atomic mass is 16.5. The van der Waals surface area contributed by atoms with Crippen molar-refractivity contribution in [2.45, 2.75) is 13.8 Å². The number of carbonyl (C=O) groups excluding carboxylic acids is 2. The van der Waals surface area contributed by atoms with Gasteiger partial charge in [-0.25, -0.2) is 14.8 Å². The van der Waals surface area contributed by atoms with Gasteiger partial charge in [-0.2, -0.15) is 0 Å². The van der Waals surface area contributed by atoms with Gasteiger partial charge in [0.25, 0.3) is 5.91 Å². The molecule has 0 saturated carbocycles. The topological polar surface area (TPSA) is 100 Å². The Balaban J connectivity index is 1.94. The summed E-state index contributed by atoms with van der Waals surface area (Å²) in [6.45, 7) is 4.49. The third-order valence-electron chi connectivity index (χ3n) is 4.48. The second kappa shape index (κ2) is 9.32. The van der Waals surface area contributed by atoms with E-state index in [1.54, 1.807) is 20.0 Å². The van der Waals surface area contributed by atoms with Gasteiger partial charge in [0, 0.05) is 29.6 Å². The van der Waals surface area contributed by atoms with Crippen LogP contribution in [0.25, 0.3) is 22.3 Å². The van der Waals surface area contributed by atoms with Gasteiger partial charge in [-0.3, -0.25) is 4.79 Å². The van der Waals surface area contributed by atoms with Gasteiger partial charge in [-0.1, -0.05) is 18.2 Å². The highest BCUT2D eigenvalue weighted by Crippen LogP contribution is 2.30. The van der Waals surface area contributed by atoms with Crippen molar-refractivity contribution in [1.29, 1.82) is 0 Å². The van der Waals surface area contributed by atoms with Crippen molar-refractivity contribution in [3.8, 4) is 11.3 Å². The van der Waals surface area contributed by atoms with Crippen LogP contribution in [-0.4, -0.2) is 59.0 Å². The molecule has 2 aromatic heterocycles. The molecule has 0 fully saturated rings. The molecule has 0 saturated heterocycles. The van der Waals surface area contributed by atoms with Gasteiger partial charge in [-0.05, 0) is 40.1 Å². The van der Waals surface area contributed by atoms with Crippen molar-refractivity contribution in [2.75, 3.05) is 32.6 Å². The number of anilines is 1. The van der Waals surface area contributed by atoms with Crippen molar-refractivity contribution in [3.05, 3.63) is 54.0 Å². The molecule has 30 heavy (non-hydrogen) atoms. The summed E-state index contributed by atoms with van der Waals surface area (Å²) >= 11 is 0. The van der Waals surface area contributed by atoms with Crippen LogP contribution in [-0.2, 0) is 9.53 Å². The smallest absolute Gasteiger partial charge is 0.340 e. The van der Waals surface area contributed by atoms with Crippen LogP contribution in [0.5, 0.6) is 0 Å². The van der Waals surface area contributed by atoms with Gasteiger partial charge in [0.15, 0.2) is 0 Å². The van der Waals surface area contributed by atoms with E-state index in [1.807, 2.05) is 49.3 Å². The second-order valence-corrected chi connectivity index (χ2v) is 7.05. The van der Waals surface area contributed by atoms with Gasteiger partial charge in [0.2, 0.25) is 0 Å². The molecule has 2 N–H and O–H groups in total. The van der Waals surface area contributed by atoms with E-state index in [-0.39, 0.29) is 12.5 Å². The first-order valence-corrected chi connectivity index (χ1v) is 9.63. The zero-order valence-corrected chi connectivity index (χ0v) is 17.5. The normalized spacial score (nSPS) is 11.7. The Bertz CT molecular complexity index is 1100. The average Bonchev–Trinajstić information content (AvgIpc) is 3.16. The molecule has 0 spiro atoms. The number of nitrogens with zero attached hydrogens (tertiary/aromatic N) is 3. The number of fused-ring (bicyclic) bond motifs is 1. The van der Waals surface area contributed by atoms with Crippen LogP contribution in [0.1, 0.15) is 24.2 Å². The van der Waals surface area contributed by atoms with E-state index in [1.165, 1.54) is 6.33 Å². The molecule has 2 heterocycles. The Morgan fingerprint density at radius 1 is 1.27 bits per heavy atom. The van der Waals surface area contributed by atoms with Crippen LogP contribution < -0.4 is 5.32 Å². The zero-order valence-electron chi connectivity index (χ0n) is 17.5. The summed E-state index contributed by atoms with van der Waals surface area (Å²) in [5.41, 5.74) is 3.52. The minimum atomic E-state index is -0.439. The van der Waals surface area contributed by atoms with Crippen LogP contribution >= 0.6 is 0 Å². The lowest BCUT2D eigenvalue weighted by Gasteiger charge is -2.10. The van der Waals surface area contributed by atoms with Crippen LogP contribution in [0, 0.1) is 0 Å². The Morgan fingerprint density at radius 3 is 2.80 bits per heavy atom. The Kier molecular flexibility index (Phi) is 6.58. The molecular weight excluding hydrogens is 382 g/mol. The lowest BCUT2D eigenvalue weighted by atomic mass is 10.1. The molecule has 8 heteroatoms. The zero-order chi connectivity index (χ0) is 21.7. The third-order valence-corrected chi connectivity index (χ3v) is 4.48. The summed E-state index contributed by atoms with van der Waals surface area (Å²) in [6.07, 6.45) is 4.88. The predicted octanol–water partition coefficient (Wildman–Crippen LogP) is 3.25. The Hall–Kier alpha value is -3.52. The number of H-pyrrole nitrogens is 1. The number of nitrogens with one attached hydrogen (secondary N) is 2. The van der Waals surface area contributed by atoms with Crippen molar-refractivity contribution >= 4 is 28.6 Å². The fraction of sp³-hybridized carbons (Fsp3) is 0.273. The van der Waals surface area contributed by atoms with Crippen LogP contribution in [0.2, 0.25) is 0 Å². The number of carbonyl (C=O) groups is 2. The van der Waals surface area contributed by atoms with Gasteiger partial charge in [-0.15, -0.1) is 0 Å². The number of likely N-dealkylation sites (N-methyl/N-ethyl adjacent to an activating group) is 1. The summed E-state index contributed by atoms with van der Waals surface area (Å²) in [4.78, 5) is 38.4. The van der Waals surface area contributed by atoms with E-state index in [4.69, 9.17) is 4.74 Å². The third kappa shape index (κ3) is 4.72. The van der Waals surface area contributed by atoms with Gasteiger partial charge < -0.3 is 19.9 Å². The van der Waals surface area contributed by atoms with Crippen LogP contribution in [0.3, 0.4) is 0 Å². The maximum absolute atomic E-state index is 12.5. The molecule has 0 aliphatic carbocycles. The molecule has 0 aliphatic heterocycles. The van der Waals surface area contributed by atoms with Crippen molar-refractivity contribution < 1.29 is 14.3 Å². The van der Waals surface area contributed by atoms with Gasteiger partial charge in [0.05, 0.1) is 23.3 Å². The van der Waals surface area contributed by atoms with E-state index >= 15 is 0 Å². The first kappa shape index (κ1) is 21.2. The van der Waals surface area contributed by atoms with E-state index in [0.717, 1.165) is 5.56 Å². The van der Waals surface area contributed by atoms with E-state index in [0.29, 0.717) is 40.1 Å². The number of ether oxygens (including phenoxy) is 1. The largest absolute Gasteiger partial charge is 0.462 e. The van der Waals surface area contributed by atoms with Crippen molar-refractivity contribution in [2.24, 2.45) is 0 Å². The van der Waals surface area contributed by atoms with Gasteiger partial charge >= 0.3 is 5.97 Å². The first-order valence-electron chi connectivity index (χ1n) is 9.63. The minimum absolute atomic E-state index is 0.171. The molecule has 0 aliphatic rings. The number of esters is 1. The van der Waals surface area contributed by atoms with E-state index < -0.39 is 5.97 Å². The molecular formula is C22H25N5O3. The molecule has 1 amide bonds. The minimum Gasteiger partial charge on any atom is -0.462 e. The number of amides is 1. The molecule has 156 valence electrons. The van der Waals surface area contributed by atoms with Crippen molar-refractivity contribution in [1.82, 2.24) is 19.9 Å². The van der Waals surface area contributed by atoms with Gasteiger partial charge in [0.1, 0.15) is 12.0 Å². The van der Waals surface area contributed by atoms with E-state index in [2.05, 4.69) is 20.3 Å². The number of benzene rings is 1. The lowest BCUT2D eigenvalue weighted by Crippen LogP contribution is -2.16. The number of rotatable bonds is 7. The maximum atomic E-state index is 12.5. The summed E-state index contributed by atoms with van der Waals surface area (Å²) in [5.74, 6) is -0.610. The van der Waals surface area contributed by atoms with Crippen LogP contribution in [0.4, 0.5) is 5.69 Å². The molecule has 0 unspecified atom stereocenters. The number of hydrogen-bond donors (Lipinski definition) is 2.